The van der Waals surface area contributed by atoms with Crippen LogP contribution in [0.3, 0.4) is 0 Å². The van der Waals surface area contributed by atoms with Gasteiger partial charge in [0.25, 0.3) is 5.56 Å². The largest absolute Gasteiger partial charge is 0.311 e. The van der Waals surface area contributed by atoms with E-state index in [4.69, 9.17) is 16.9 Å². The second-order valence-electron chi connectivity index (χ2n) is 6.34. The number of para-hydroxylation sites is 1. The molecule has 1 aromatic heterocycles. The van der Waals surface area contributed by atoms with Crippen molar-refractivity contribution in [2.75, 3.05) is 17.2 Å². The first-order valence-electron chi connectivity index (χ1n) is 9.21. The number of amides is 1. The maximum atomic E-state index is 12.9. The molecule has 1 heterocycles. The van der Waals surface area contributed by atoms with Gasteiger partial charge in [-0.25, -0.2) is 4.98 Å². The molecule has 0 saturated heterocycles. The summed E-state index contributed by atoms with van der Waals surface area (Å²) in [5.41, 5.74) is 1.01. The molecular formula is C22H19ClN4O2S. The summed E-state index contributed by atoms with van der Waals surface area (Å²) in [4.78, 5) is 32.0. The zero-order valence-electron chi connectivity index (χ0n) is 16.1. The first-order valence-corrected chi connectivity index (χ1v) is 10.6. The number of rotatable bonds is 8. The summed E-state index contributed by atoms with van der Waals surface area (Å²) in [5, 5.41) is 10.2. The van der Waals surface area contributed by atoms with E-state index in [-0.39, 0.29) is 30.2 Å². The Hall–Kier alpha value is -3.08. The number of thioether (sulfide) groups is 1. The van der Waals surface area contributed by atoms with Gasteiger partial charge in [-0.2, -0.15) is 5.26 Å². The lowest BCUT2D eigenvalue weighted by atomic mass is 10.2. The third-order valence-electron chi connectivity index (χ3n) is 4.33. The van der Waals surface area contributed by atoms with Crippen LogP contribution in [-0.2, 0) is 11.3 Å². The van der Waals surface area contributed by atoms with E-state index >= 15 is 0 Å². The van der Waals surface area contributed by atoms with Crippen molar-refractivity contribution in [1.29, 1.82) is 5.26 Å². The van der Waals surface area contributed by atoms with Crippen molar-refractivity contribution < 1.29 is 4.79 Å². The lowest BCUT2D eigenvalue weighted by Gasteiger charge is -2.22. The molecule has 1 amide bonds. The molecule has 6 nitrogen and oxygen atoms in total. The average molecular weight is 439 g/mol. The molecule has 0 saturated carbocycles. The Labute approximate surface area is 183 Å². The molecule has 0 atom stereocenters. The molecule has 30 heavy (non-hydrogen) atoms. The molecule has 3 aromatic rings. The number of allylic oxidation sites excluding steroid dienone is 1. The molecule has 0 fully saturated rings. The number of carbonyl (C=O) groups is 1. The fourth-order valence-corrected chi connectivity index (χ4v) is 4.00. The minimum absolute atomic E-state index is 0.0724. The second kappa shape index (κ2) is 10.1. The van der Waals surface area contributed by atoms with Gasteiger partial charge in [0.05, 0.1) is 29.1 Å². The smallest absolute Gasteiger partial charge is 0.262 e. The normalized spacial score (nSPS) is 10.5. The minimum atomic E-state index is -0.234. The maximum Gasteiger partial charge on any atom is 0.262 e. The molecule has 0 spiro atoms. The highest BCUT2D eigenvalue weighted by molar-refractivity contribution is 7.99. The van der Waals surface area contributed by atoms with Crippen LogP contribution in [0.2, 0.25) is 5.02 Å². The van der Waals surface area contributed by atoms with Gasteiger partial charge in [-0.3, -0.25) is 14.2 Å². The first-order chi connectivity index (χ1) is 14.5. The van der Waals surface area contributed by atoms with Gasteiger partial charge in [0.15, 0.2) is 5.16 Å². The Balaban J connectivity index is 1.89. The van der Waals surface area contributed by atoms with Crippen molar-refractivity contribution in [3.05, 3.63) is 76.6 Å². The van der Waals surface area contributed by atoms with Crippen molar-refractivity contribution in [1.82, 2.24) is 9.55 Å². The molecule has 152 valence electrons. The van der Waals surface area contributed by atoms with E-state index in [1.165, 1.54) is 16.3 Å². The number of aromatic nitrogens is 2. The van der Waals surface area contributed by atoms with Crippen LogP contribution >= 0.6 is 23.4 Å². The summed E-state index contributed by atoms with van der Waals surface area (Å²) in [5.74, 6) is -0.0970. The van der Waals surface area contributed by atoms with E-state index in [1.807, 2.05) is 30.3 Å². The highest BCUT2D eigenvalue weighted by Gasteiger charge is 2.18. The van der Waals surface area contributed by atoms with Crippen LogP contribution in [0.1, 0.15) is 6.42 Å². The van der Waals surface area contributed by atoms with Crippen LogP contribution in [0.4, 0.5) is 5.69 Å². The van der Waals surface area contributed by atoms with Gasteiger partial charge in [0.2, 0.25) is 5.91 Å². The molecule has 8 heteroatoms. The molecule has 0 radical (unpaired) electrons. The highest BCUT2D eigenvalue weighted by atomic mass is 35.5. The molecule has 0 bridgehead atoms. The summed E-state index contributed by atoms with van der Waals surface area (Å²) in [6.07, 6.45) is 1.83. The van der Waals surface area contributed by atoms with E-state index < -0.39 is 0 Å². The minimum Gasteiger partial charge on any atom is -0.311 e. The average Bonchev–Trinajstić information content (AvgIpc) is 2.76. The number of benzene rings is 2. The molecule has 2 aromatic carbocycles. The van der Waals surface area contributed by atoms with Gasteiger partial charge >= 0.3 is 0 Å². The number of hydrogen-bond acceptors (Lipinski definition) is 5. The van der Waals surface area contributed by atoms with Crippen molar-refractivity contribution in [3.63, 3.8) is 0 Å². The fourth-order valence-electron chi connectivity index (χ4n) is 2.94. The fraction of sp³-hybridized carbons (Fsp3) is 0.182. The number of fused-ring (bicyclic) bond motifs is 1. The molecule has 0 unspecified atom stereocenters. The lowest BCUT2D eigenvalue weighted by Crippen LogP contribution is -2.33. The van der Waals surface area contributed by atoms with E-state index in [0.29, 0.717) is 27.6 Å². The van der Waals surface area contributed by atoms with E-state index in [2.05, 4.69) is 17.6 Å². The molecule has 0 N–H and O–H groups in total. The van der Waals surface area contributed by atoms with Crippen LogP contribution in [0, 0.1) is 11.3 Å². The number of carbonyl (C=O) groups excluding carboxylic acids is 1. The zero-order chi connectivity index (χ0) is 21.5. The SMILES string of the molecule is C=CCn1c(SCC(=O)N(CCC#N)c2ccccc2)nc2ccc(Cl)cc2c1=O. The molecule has 3 rings (SSSR count). The zero-order valence-corrected chi connectivity index (χ0v) is 17.7. The Morgan fingerprint density at radius 1 is 1.30 bits per heavy atom. The third-order valence-corrected chi connectivity index (χ3v) is 5.53. The number of anilines is 1. The van der Waals surface area contributed by atoms with Gasteiger partial charge in [0, 0.05) is 23.8 Å². The van der Waals surface area contributed by atoms with E-state index in [0.717, 1.165) is 5.69 Å². The van der Waals surface area contributed by atoms with Gasteiger partial charge in [0.1, 0.15) is 0 Å². The molecule has 0 aliphatic heterocycles. The van der Waals surface area contributed by atoms with Crippen molar-refractivity contribution in [2.24, 2.45) is 0 Å². The van der Waals surface area contributed by atoms with E-state index in [1.54, 1.807) is 29.2 Å². The van der Waals surface area contributed by atoms with Gasteiger partial charge in [-0.15, -0.1) is 6.58 Å². The predicted molar refractivity (Wildman–Crippen MR) is 121 cm³/mol. The summed E-state index contributed by atoms with van der Waals surface area (Å²) >= 11 is 7.20. The quantitative estimate of drug-likeness (QED) is 0.298. The number of nitriles is 1. The second-order valence-corrected chi connectivity index (χ2v) is 7.72. The van der Waals surface area contributed by atoms with E-state index in [9.17, 15) is 9.59 Å². The number of nitrogens with zero attached hydrogens (tertiary/aromatic N) is 4. The van der Waals surface area contributed by atoms with Crippen LogP contribution in [0.25, 0.3) is 10.9 Å². The Morgan fingerprint density at radius 2 is 2.07 bits per heavy atom. The van der Waals surface area contributed by atoms with Gasteiger partial charge < -0.3 is 4.90 Å². The third kappa shape index (κ3) is 4.90. The highest BCUT2D eigenvalue weighted by Crippen LogP contribution is 2.22. The summed E-state index contributed by atoms with van der Waals surface area (Å²) in [7, 11) is 0. The summed E-state index contributed by atoms with van der Waals surface area (Å²) in [6.45, 7) is 4.26. The summed E-state index contributed by atoms with van der Waals surface area (Å²) < 4.78 is 1.48. The first kappa shape index (κ1) is 21.6. The van der Waals surface area contributed by atoms with Crippen LogP contribution in [0.15, 0.2) is 71.1 Å². The number of halogens is 1. The van der Waals surface area contributed by atoms with Crippen molar-refractivity contribution >= 4 is 45.9 Å². The molecule has 0 aliphatic carbocycles. The summed E-state index contributed by atoms with van der Waals surface area (Å²) in [6, 6.07) is 16.2. The number of hydrogen-bond donors (Lipinski definition) is 0. The Kier molecular flexibility index (Phi) is 7.28. The van der Waals surface area contributed by atoms with Crippen molar-refractivity contribution in [3.8, 4) is 6.07 Å². The van der Waals surface area contributed by atoms with Crippen LogP contribution < -0.4 is 10.5 Å². The molecule has 0 aliphatic rings. The van der Waals surface area contributed by atoms with Crippen LogP contribution in [0.5, 0.6) is 0 Å². The van der Waals surface area contributed by atoms with Crippen LogP contribution in [-0.4, -0.2) is 27.8 Å². The monoisotopic (exact) mass is 438 g/mol. The Bertz CT molecular complexity index is 1170. The van der Waals surface area contributed by atoms with Gasteiger partial charge in [-0.1, -0.05) is 47.6 Å². The Morgan fingerprint density at radius 3 is 2.77 bits per heavy atom. The maximum absolute atomic E-state index is 12.9. The van der Waals surface area contributed by atoms with Crippen molar-refractivity contribution in [2.45, 2.75) is 18.1 Å². The lowest BCUT2D eigenvalue weighted by molar-refractivity contribution is -0.116. The predicted octanol–water partition coefficient (Wildman–Crippen LogP) is 4.27. The van der Waals surface area contributed by atoms with Gasteiger partial charge in [-0.05, 0) is 30.3 Å². The standard InChI is InChI=1S/C22H19ClN4O2S/c1-2-12-27-21(29)18-14-16(23)9-10-19(18)25-22(27)30-15-20(28)26(13-6-11-24)17-7-4-3-5-8-17/h2-5,7-10,14H,1,6,12-13,15H2. The topological polar surface area (TPSA) is 79.0 Å². The molecular weight excluding hydrogens is 420 g/mol.